The zero-order chi connectivity index (χ0) is 17.4. The molecule has 0 radical (unpaired) electrons. The summed E-state index contributed by atoms with van der Waals surface area (Å²) in [6.07, 6.45) is -4.64. The topological polar surface area (TPSA) is 45.8 Å². The van der Waals surface area contributed by atoms with Gasteiger partial charge in [0.2, 0.25) is 11.6 Å². The average molecular weight is 333 g/mol. The molecule has 1 aromatic heterocycles. The number of hydrogen-bond donors (Lipinski definition) is 1. The highest BCUT2D eigenvalue weighted by Crippen LogP contribution is 2.48. The van der Waals surface area contributed by atoms with Crippen LogP contribution in [-0.4, -0.2) is 25.8 Å². The van der Waals surface area contributed by atoms with Crippen molar-refractivity contribution in [2.75, 3.05) is 25.6 Å². The van der Waals surface area contributed by atoms with Gasteiger partial charge in [0.25, 0.3) is 0 Å². The van der Waals surface area contributed by atoms with Gasteiger partial charge < -0.3 is 19.2 Å². The van der Waals surface area contributed by atoms with Gasteiger partial charge in [-0.1, -0.05) is 0 Å². The molecule has 4 nitrogen and oxygen atoms in total. The largest absolute Gasteiger partial charge is 0.501 e. The van der Waals surface area contributed by atoms with E-state index in [1.807, 2.05) is 0 Å². The van der Waals surface area contributed by atoms with Crippen LogP contribution >= 0.6 is 0 Å². The molecule has 1 N–H and O–H groups in total. The van der Waals surface area contributed by atoms with Crippen LogP contribution in [0, 0.1) is 5.82 Å². The Morgan fingerprint density at radius 2 is 1.91 bits per heavy atom. The minimum Gasteiger partial charge on any atom is -0.501 e. The van der Waals surface area contributed by atoms with Gasteiger partial charge in [-0.25, -0.2) is 4.39 Å². The van der Waals surface area contributed by atoms with Crippen molar-refractivity contribution >= 4 is 5.88 Å². The molecule has 23 heavy (non-hydrogen) atoms. The van der Waals surface area contributed by atoms with Gasteiger partial charge in [0.1, 0.15) is 5.82 Å². The van der Waals surface area contributed by atoms with Gasteiger partial charge in [-0.2, -0.15) is 13.2 Å². The zero-order valence-electron chi connectivity index (χ0n) is 12.7. The lowest BCUT2D eigenvalue weighted by molar-refractivity contribution is -0.137. The van der Waals surface area contributed by atoms with E-state index in [2.05, 4.69) is 0 Å². The molecular weight excluding hydrogens is 318 g/mol. The van der Waals surface area contributed by atoms with Crippen LogP contribution in [0.5, 0.6) is 11.7 Å². The molecule has 0 amide bonds. The predicted molar refractivity (Wildman–Crippen MR) is 76.3 cm³/mol. The third kappa shape index (κ3) is 3.20. The van der Waals surface area contributed by atoms with Crippen LogP contribution in [0.3, 0.4) is 0 Å². The Morgan fingerprint density at radius 1 is 1.26 bits per heavy atom. The third-order valence-corrected chi connectivity index (χ3v) is 3.08. The first-order valence-electron chi connectivity index (χ1n) is 6.69. The van der Waals surface area contributed by atoms with Crippen molar-refractivity contribution in [1.29, 1.82) is 0 Å². The fraction of sp³-hybridized carbons (Fsp3) is 0.333. The Bertz CT molecular complexity index is 707. The third-order valence-electron chi connectivity index (χ3n) is 3.08. The van der Waals surface area contributed by atoms with Gasteiger partial charge in [-0.05, 0) is 25.1 Å². The first-order valence-corrected chi connectivity index (χ1v) is 6.69. The van der Waals surface area contributed by atoms with Crippen LogP contribution in [-0.2, 0) is 6.18 Å². The van der Waals surface area contributed by atoms with Crippen molar-refractivity contribution in [3.63, 3.8) is 0 Å². The number of halogens is 4. The molecule has 126 valence electrons. The Labute approximate surface area is 129 Å². The van der Waals surface area contributed by atoms with Crippen molar-refractivity contribution in [1.82, 2.24) is 0 Å². The van der Waals surface area contributed by atoms with Crippen molar-refractivity contribution in [3.8, 4) is 22.8 Å². The van der Waals surface area contributed by atoms with Crippen LogP contribution in [0.4, 0.5) is 23.4 Å². The summed E-state index contributed by atoms with van der Waals surface area (Å²) >= 11 is 0. The molecule has 0 aliphatic rings. The summed E-state index contributed by atoms with van der Waals surface area (Å²) in [5, 5.41) is 10.2. The lowest BCUT2D eigenvalue weighted by atomic mass is 10.0. The number of aromatic hydroxyl groups is 1. The van der Waals surface area contributed by atoms with Crippen LogP contribution in [0.15, 0.2) is 22.6 Å². The summed E-state index contributed by atoms with van der Waals surface area (Å²) in [6, 6.07) is 1.96. The summed E-state index contributed by atoms with van der Waals surface area (Å²) in [7, 11) is 3.09. The highest BCUT2D eigenvalue weighted by molar-refractivity contribution is 5.83. The normalized spacial score (nSPS) is 11.6. The molecule has 0 aliphatic carbocycles. The van der Waals surface area contributed by atoms with E-state index in [9.17, 15) is 22.7 Å². The van der Waals surface area contributed by atoms with Gasteiger partial charge in [-0.15, -0.1) is 0 Å². The number of anilines is 1. The van der Waals surface area contributed by atoms with Gasteiger partial charge in [0, 0.05) is 19.7 Å². The quantitative estimate of drug-likeness (QED) is 0.849. The fourth-order valence-electron chi connectivity index (χ4n) is 2.07. The zero-order valence-corrected chi connectivity index (χ0v) is 12.7. The molecule has 1 aromatic carbocycles. The van der Waals surface area contributed by atoms with Gasteiger partial charge >= 0.3 is 12.1 Å². The SMILES string of the molecule is CCOc1oc(N(C)C)c(-c2cc(C(F)(F)F)ccc2F)c1O. The second kappa shape index (κ2) is 6.02. The molecule has 0 saturated carbocycles. The van der Waals surface area contributed by atoms with E-state index in [0.717, 1.165) is 0 Å². The van der Waals surface area contributed by atoms with Crippen molar-refractivity contribution in [3.05, 3.63) is 29.6 Å². The number of rotatable bonds is 4. The summed E-state index contributed by atoms with van der Waals surface area (Å²) in [6.45, 7) is 1.81. The summed E-state index contributed by atoms with van der Waals surface area (Å²) in [5.41, 5.74) is -1.64. The van der Waals surface area contributed by atoms with E-state index < -0.39 is 28.9 Å². The number of furan rings is 1. The van der Waals surface area contributed by atoms with Crippen LogP contribution in [0.25, 0.3) is 11.1 Å². The molecule has 0 bridgehead atoms. The smallest absolute Gasteiger partial charge is 0.416 e. The monoisotopic (exact) mass is 333 g/mol. The maximum absolute atomic E-state index is 14.1. The molecule has 0 aliphatic heterocycles. The maximum Gasteiger partial charge on any atom is 0.416 e. The van der Waals surface area contributed by atoms with Crippen LogP contribution < -0.4 is 9.64 Å². The van der Waals surface area contributed by atoms with E-state index in [4.69, 9.17) is 9.15 Å². The highest BCUT2D eigenvalue weighted by atomic mass is 19.4. The lowest BCUT2D eigenvalue weighted by Crippen LogP contribution is -2.09. The lowest BCUT2D eigenvalue weighted by Gasteiger charge is -2.13. The number of hydrogen-bond acceptors (Lipinski definition) is 4. The van der Waals surface area contributed by atoms with E-state index in [1.165, 1.54) is 4.90 Å². The second-order valence-electron chi connectivity index (χ2n) is 4.94. The number of benzene rings is 1. The van der Waals surface area contributed by atoms with Crippen molar-refractivity contribution < 1.29 is 31.8 Å². The summed E-state index contributed by atoms with van der Waals surface area (Å²) < 4.78 is 63.0. The standard InChI is InChI=1S/C15H15F4NO3/c1-4-22-14-12(21)11(13(23-14)20(2)3)9-7-8(15(17,18)19)5-6-10(9)16/h5-7,21H,4H2,1-3H3. The van der Waals surface area contributed by atoms with E-state index in [-0.39, 0.29) is 24.0 Å². The summed E-state index contributed by atoms with van der Waals surface area (Å²) in [5.74, 6) is -1.75. The Morgan fingerprint density at radius 3 is 2.43 bits per heavy atom. The molecule has 0 fully saturated rings. The molecule has 1 heterocycles. The van der Waals surface area contributed by atoms with Crippen LogP contribution in [0.2, 0.25) is 0 Å². The van der Waals surface area contributed by atoms with Gasteiger partial charge in [0.05, 0.1) is 17.7 Å². The fourth-order valence-corrected chi connectivity index (χ4v) is 2.07. The number of ether oxygens (including phenoxy) is 1. The molecule has 0 spiro atoms. The molecule has 2 aromatic rings. The van der Waals surface area contributed by atoms with Crippen molar-refractivity contribution in [2.45, 2.75) is 13.1 Å². The molecular formula is C15H15F4NO3. The van der Waals surface area contributed by atoms with Gasteiger partial charge in [0.15, 0.2) is 0 Å². The molecule has 0 atom stereocenters. The van der Waals surface area contributed by atoms with Gasteiger partial charge in [-0.3, -0.25) is 0 Å². The maximum atomic E-state index is 14.1. The van der Waals surface area contributed by atoms with E-state index in [1.54, 1.807) is 21.0 Å². The predicted octanol–water partition coefficient (Wildman–Crippen LogP) is 4.27. The molecule has 2 rings (SSSR count). The molecule has 0 saturated heterocycles. The summed E-state index contributed by atoms with van der Waals surface area (Å²) in [4.78, 5) is 1.40. The Balaban J connectivity index is 2.70. The molecule has 8 heteroatoms. The number of alkyl halides is 3. The Kier molecular flexibility index (Phi) is 4.44. The molecule has 0 unspecified atom stereocenters. The highest BCUT2D eigenvalue weighted by Gasteiger charge is 2.33. The Hall–Kier alpha value is -2.38. The van der Waals surface area contributed by atoms with E-state index >= 15 is 0 Å². The second-order valence-corrected chi connectivity index (χ2v) is 4.94. The van der Waals surface area contributed by atoms with Crippen LogP contribution in [0.1, 0.15) is 12.5 Å². The first kappa shape index (κ1) is 17.0. The number of nitrogens with zero attached hydrogens (tertiary/aromatic N) is 1. The van der Waals surface area contributed by atoms with E-state index in [0.29, 0.717) is 18.2 Å². The average Bonchev–Trinajstić information content (AvgIpc) is 2.76. The first-order chi connectivity index (χ1) is 10.7. The minimum absolute atomic E-state index is 0.0100. The van der Waals surface area contributed by atoms with Crippen molar-refractivity contribution in [2.24, 2.45) is 0 Å². The minimum atomic E-state index is -4.64.